The number of aromatic nitrogens is 1. The van der Waals surface area contributed by atoms with Gasteiger partial charge in [-0.25, -0.2) is 0 Å². The first kappa shape index (κ1) is 12.0. The highest BCUT2D eigenvalue weighted by atomic mass is 32.1. The minimum absolute atomic E-state index is 0.432. The molecule has 0 aliphatic carbocycles. The maximum absolute atomic E-state index is 5.78. The third-order valence-electron chi connectivity index (χ3n) is 2.89. The highest BCUT2D eigenvalue weighted by Crippen LogP contribution is 2.26. The number of aryl methyl sites for hydroxylation is 1. The van der Waals surface area contributed by atoms with Gasteiger partial charge in [0.2, 0.25) is 0 Å². The molecule has 0 fully saturated rings. The number of para-hydroxylation sites is 1. The molecule has 3 heteroatoms. The van der Waals surface area contributed by atoms with Crippen molar-refractivity contribution in [3.05, 3.63) is 41.1 Å². The number of benzene rings is 1. The van der Waals surface area contributed by atoms with Crippen molar-refractivity contribution in [3.63, 3.8) is 0 Å². The number of pyridine rings is 1. The fourth-order valence-electron chi connectivity index (χ4n) is 2.07. The van der Waals surface area contributed by atoms with Crippen LogP contribution in [0.4, 0.5) is 0 Å². The Morgan fingerprint density at radius 3 is 2.65 bits per heavy atom. The maximum atomic E-state index is 5.78. The van der Waals surface area contributed by atoms with Crippen molar-refractivity contribution in [3.8, 4) is 0 Å². The second-order valence-electron chi connectivity index (χ2n) is 4.57. The van der Waals surface area contributed by atoms with Crippen molar-refractivity contribution in [2.45, 2.75) is 26.7 Å². The molecule has 0 amide bonds. The first-order valence-corrected chi connectivity index (χ1v) is 6.11. The van der Waals surface area contributed by atoms with Crippen molar-refractivity contribution in [1.29, 1.82) is 0 Å². The molecule has 2 nitrogen and oxygen atoms in total. The lowest BCUT2D eigenvalue weighted by molar-refractivity contribution is 0.872. The van der Waals surface area contributed by atoms with Gasteiger partial charge >= 0.3 is 0 Å². The van der Waals surface area contributed by atoms with E-state index in [9.17, 15) is 0 Å². The van der Waals surface area contributed by atoms with E-state index in [1.807, 2.05) is 25.1 Å². The van der Waals surface area contributed by atoms with Crippen LogP contribution in [0.3, 0.4) is 0 Å². The lowest BCUT2D eigenvalue weighted by atomic mass is 9.97. The molecule has 2 rings (SSSR count). The van der Waals surface area contributed by atoms with E-state index in [1.54, 1.807) is 0 Å². The summed E-state index contributed by atoms with van der Waals surface area (Å²) in [5, 5.41) is 1.05. The molecule has 0 aliphatic rings. The van der Waals surface area contributed by atoms with E-state index in [0.717, 1.165) is 22.2 Å². The van der Waals surface area contributed by atoms with Crippen LogP contribution in [0.5, 0.6) is 0 Å². The molecule has 2 N–H and O–H groups in total. The zero-order valence-electron chi connectivity index (χ0n) is 10.3. The van der Waals surface area contributed by atoms with Crippen molar-refractivity contribution < 1.29 is 0 Å². The summed E-state index contributed by atoms with van der Waals surface area (Å²) < 4.78 is 0. The lowest BCUT2D eigenvalue weighted by Crippen LogP contribution is -2.11. The number of nitrogens with zero attached hydrogens (tertiary/aromatic N) is 1. The van der Waals surface area contributed by atoms with Gasteiger partial charge in [-0.05, 0) is 24.5 Å². The summed E-state index contributed by atoms with van der Waals surface area (Å²) in [5.41, 5.74) is 9.91. The maximum Gasteiger partial charge on any atom is 0.104 e. The Kier molecular flexibility index (Phi) is 3.11. The van der Waals surface area contributed by atoms with E-state index in [1.165, 1.54) is 5.56 Å². The van der Waals surface area contributed by atoms with Crippen LogP contribution in [-0.4, -0.2) is 9.97 Å². The molecule has 0 unspecified atom stereocenters. The highest BCUT2D eigenvalue weighted by molar-refractivity contribution is 7.80. The zero-order valence-corrected chi connectivity index (χ0v) is 11.1. The molecule has 0 saturated heterocycles. The monoisotopic (exact) mass is 244 g/mol. The number of thiocarbonyl (C=S) groups is 1. The fraction of sp³-hybridized carbons (Fsp3) is 0.286. The summed E-state index contributed by atoms with van der Waals surface area (Å²) in [7, 11) is 0. The van der Waals surface area contributed by atoms with Crippen molar-refractivity contribution in [2.24, 2.45) is 5.73 Å². The predicted molar refractivity (Wildman–Crippen MR) is 76.5 cm³/mol. The van der Waals surface area contributed by atoms with Gasteiger partial charge in [0.15, 0.2) is 0 Å². The Morgan fingerprint density at radius 1 is 1.35 bits per heavy atom. The number of hydrogen-bond donors (Lipinski definition) is 1. The molecule has 1 heterocycles. The van der Waals surface area contributed by atoms with E-state index >= 15 is 0 Å². The van der Waals surface area contributed by atoms with Gasteiger partial charge in [-0.1, -0.05) is 44.3 Å². The number of fused-ring (bicyclic) bond motifs is 1. The Balaban J connectivity index is 2.88. The van der Waals surface area contributed by atoms with Gasteiger partial charge in [0.1, 0.15) is 4.99 Å². The molecule has 0 radical (unpaired) electrons. The standard InChI is InChI=1S/C14H16N2S/c1-8(2)10-5-4-6-11-12(14(15)17)7-9(3)16-13(10)11/h4-8H,1-3H3,(H2,15,17). The number of nitrogens with two attached hydrogens (primary N) is 1. The fourth-order valence-corrected chi connectivity index (χ4v) is 2.24. The Labute approximate surface area is 107 Å². The van der Waals surface area contributed by atoms with Crippen LogP contribution < -0.4 is 5.73 Å². The molecule has 0 aliphatic heterocycles. The van der Waals surface area contributed by atoms with Crippen LogP contribution in [0.15, 0.2) is 24.3 Å². The van der Waals surface area contributed by atoms with E-state index in [-0.39, 0.29) is 0 Å². The summed E-state index contributed by atoms with van der Waals surface area (Å²) in [6, 6.07) is 8.14. The second kappa shape index (κ2) is 4.41. The van der Waals surface area contributed by atoms with Crippen LogP contribution in [0.25, 0.3) is 10.9 Å². The Hall–Kier alpha value is -1.48. The van der Waals surface area contributed by atoms with Crippen LogP contribution in [0.1, 0.15) is 36.6 Å². The molecule has 2 aromatic rings. The molecule has 1 aromatic heterocycles. The van der Waals surface area contributed by atoms with Crippen LogP contribution >= 0.6 is 12.2 Å². The quantitative estimate of drug-likeness (QED) is 0.824. The normalized spacial score (nSPS) is 11.1. The van der Waals surface area contributed by atoms with Gasteiger partial charge < -0.3 is 5.73 Å². The molecular weight excluding hydrogens is 228 g/mol. The van der Waals surface area contributed by atoms with Gasteiger partial charge in [0.05, 0.1) is 5.52 Å². The van der Waals surface area contributed by atoms with Gasteiger partial charge in [0.25, 0.3) is 0 Å². The summed E-state index contributed by atoms with van der Waals surface area (Å²) in [6.45, 7) is 6.30. The molecule has 88 valence electrons. The van der Waals surface area contributed by atoms with Crippen LogP contribution in [0.2, 0.25) is 0 Å². The van der Waals surface area contributed by atoms with Crippen LogP contribution in [-0.2, 0) is 0 Å². The molecule has 0 atom stereocenters. The third-order valence-corrected chi connectivity index (χ3v) is 3.11. The first-order chi connectivity index (χ1) is 8.00. The Morgan fingerprint density at radius 2 is 2.06 bits per heavy atom. The van der Waals surface area contributed by atoms with Gasteiger partial charge in [0, 0.05) is 16.6 Å². The third kappa shape index (κ3) is 2.15. The predicted octanol–water partition coefficient (Wildman–Crippen LogP) is 3.30. The molecule has 0 saturated carbocycles. The van der Waals surface area contributed by atoms with E-state index < -0.39 is 0 Å². The van der Waals surface area contributed by atoms with Crippen LogP contribution in [0, 0.1) is 6.92 Å². The van der Waals surface area contributed by atoms with Gasteiger partial charge in [-0.15, -0.1) is 0 Å². The summed E-state index contributed by atoms with van der Waals surface area (Å²) in [6.07, 6.45) is 0. The lowest BCUT2D eigenvalue weighted by Gasteiger charge is -2.12. The Bertz CT molecular complexity index is 588. The van der Waals surface area contributed by atoms with E-state index in [0.29, 0.717) is 10.9 Å². The molecular formula is C14H16N2S. The number of rotatable bonds is 2. The molecule has 17 heavy (non-hydrogen) atoms. The van der Waals surface area contributed by atoms with Crippen molar-refractivity contribution >= 4 is 28.1 Å². The average molecular weight is 244 g/mol. The molecule has 0 bridgehead atoms. The topological polar surface area (TPSA) is 38.9 Å². The average Bonchev–Trinajstić information content (AvgIpc) is 2.26. The second-order valence-corrected chi connectivity index (χ2v) is 5.01. The summed E-state index contributed by atoms with van der Waals surface area (Å²) in [5.74, 6) is 0.437. The van der Waals surface area contributed by atoms with Crippen molar-refractivity contribution in [2.75, 3.05) is 0 Å². The zero-order chi connectivity index (χ0) is 12.6. The number of hydrogen-bond acceptors (Lipinski definition) is 2. The highest BCUT2D eigenvalue weighted by Gasteiger charge is 2.11. The smallest absolute Gasteiger partial charge is 0.104 e. The largest absolute Gasteiger partial charge is 0.389 e. The summed E-state index contributed by atoms with van der Waals surface area (Å²) in [4.78, 5) is 5.06. The SMILES string of the molecule is Cc1cc(C(N)=S)c2cccc(C(C)C)c2n1. The molecule has 0 spiro atoms. The van der Waals surface area contributed by atoms with E-state index in [4.69, 9.17) is 18.0 Å². The van der Waals surface area contributed by atoms with Gasteiger partial charge in [-0.3, -0.25) is 4.98 Å². The summed E-state index contributed by atoms with van der Waals surface area (Å²) >= 11 is 5.11. The van der Waals surface area contributed by atoms with Crippen molar-refractivity contribution in [1.82, 2.24) is 4.98 Å². The van der Waals surface area contributed by atoms with E-state index in [2.05, 4.69) is 24.9 Å². The van der Waals surface area contributed by atoms with Gasteiger partial charge in [-0.2, -0.15) is 0 Å². The molecule has 1 aromatic carbocycles. The first-order valence-electron chi connectivity index (χ1n) is 5.70. The minimum atomic E-state index is 0.432. The minimum Gasteiger partial charge on any atom is -0.389 e.